The molecule has 1 atom stereocenters. The number of nitrogens with zero attached hydrogens (tertiary/aromatic N) is 3. The fourth-order valence-electron chi connectivity index (χ4n) is 2.99. The Hall–Kier alpha value is -1.63. The highest BCUT2D eigenvalue weighted by Crippen LogP contribution is 2.41. The number of nitrogens with one attached hydrogen (secondary N) is 1. The van der Waals surface area contributed by atoms with Gasteiger partial charge in [0, 0.05) is 36.3 Å². The van der Waals surface area contributed by atoms with Gasteiger partial charge >= 0.3 is 0 Å². The van der Waals surface area contributed by atoms with Gasteiger partial charge in [-0.15, -0.1) is 0 Å². The van der Waals surface area contributed by atoms with Crippen LogP contribution in [0.1, 0.15) is 6.92 Å². The molecule has 0 radical (unpaired) electrons. The van der Waals surface area contributed by atoms with E-state index in [1.165, 1.54) is 0 Å². The number of hydrogen-bond acceptors (Lipinski definition) is 5. The van der Waals surface area contributed by atoms with Crippen LogP contribution in [0.2, 0.25) is 5.02 Å². The predicted molar refractivity (Wildman–Crippen MR) is 99.6 cm³/mol. The van der Waals surface area contributed by atoms with Crippen LogP contribution in [-0.4, -0.2) is 35.6 Å². The topological polar surface area (TPSA) is 54.2 Å². The summed E-state index contributed by atoms with van der Waals surface area (Å²) in [4.78, 5) is 11.3. The zero-order chi connectivity index (χ0) is 16.7. The molecule has 24 heavy (non-hydrogen) atoms. The molecule has 0 aliphatic carbocycles. The van der Waals surface area contributed by atoms with E-state index in [-0.39, 0.29) is 0 Å². The number of rotatable bonds is 2. The van der Waals surface area contributed by atoms with Crippen molar-refractivity contribution in [3.63, 3.8) is 0 Å². The summed E-state index contributed by atoms with van der Waals surface area (Å²) in [6.07, 6.45) is 1.75. The summed E-state index contributed by atoms with van der Waals surface area (Å²) in [6.45, 7) is 4.85. The fourth-order valence-corrected chi connectivity index (χ4v) is 3.68. The van der Waals surface area contributed by atoms with Crippen LogP contribution in [0.3, 0.4) is 0 Å². The van der Waals surface area contributed by atoms with Gasteiger partial charge in [-0.3, -0.25) is 4.98 Å². The lowest BCUT2D eigenvalue weighted by Crippen LogP contribution is -2.50. The van der Waals surface area contributed by atoms with E-state index < -0.39 is 0 Å². The molecule has 5 nitrogen and oxygen atoms in total. The minimum absolute atomic E-state index is 0.323. The molecule has 1 aliphatic heterocycles. The van der Waals surface area contributed by atoms with Crippen molar-refractivity contribution < 1.29 is 4.42 Å². The van der Waals surface area contributed by atoms with E-state index in [0.717, 1.165) is 40.9 Å². The Labute approximate surface area is 153 Å². The van der Waals surface area contributed by atoms with Crippen molar-refractivity contribution in [2.45, 2.75) is 13.0 Å². The van der Waals surface area contributed by atoms with Gasteiger partial charge in [0.15, 0.2) is 5.58 Å². The Bertz CT molecular complexity index is 883. The molecule has 3 aromatic rings. The van der Waals surface area contributed by atoms with Gasteiger partial charge in [0.2, 0.25) is 0 Å². The Kier molecular flexibility index (Phi) is 4.20. The average molecular weight is 408 g/mol. The summed E-state index contributed by atoms with van der Waals surface area (Å²) in [5.74, 6) is 0. The van der Waals surface area contributed by atoms with Crippen molar-refractivity contribution >= 4 is 44.6 Å². The number of piperazine rings is 1. The third-order valence-corrected chi connectivity index (χ3v) is 5.58. The van der Waals surface area contributed by atoms with Gasteiger partial charge in [0.25, 0.3) is 6.01 Å². The van der Waals surface area contributed by atoms with E-state index in [0.29, 0.717) is 22.7 Å². The Balaban J connectivity index is 1.90. The second-order valence-corrected chi connectivity index (χ2v) is 7.05. The summed E-state index contributed by atoms with van der Waals surface area (Å²) in [5.41, 5.74) is 3.07. The maximum atomic E-state index is 6.39. The van der Waals surface area contributed by atoms with Gasteiger partial charge in [0.05, 0.1) is 16.3 Å². The summed E-state index contributed by atoms with van der Waals surface area (Å²) in [7, 11) is 0. The molecule has 1 saturated heterocycles. The second-order valence-electron chi connectivity index (χ2n) is 5.85. The van der Waals surface area contributed by atoms with E-state index in [2.05, 4.69) is 43.0 Å². The fraction of sp³-hybridized carbons (Fsp3) is 0.294. The molecule has 3 heterocycles. The molecule has 0 unspecified atom stereocenters. The van der Waals surface area contributed by atoms with E-state index in [1.807, 2.05) is 24.3 Å². The third kappa shape index (κ3) is 2.68. The Morgan fingerprint density at radius 1 is 1.42 bits per heavy atom. The lowest BCUT2D eigenvalue weighted by Gasteiger charge is -2.32. The SMILES string of the molecule is C[C@H]1CNCCN1c1nc2cc(Cl)c(Br)c(-c3ccccn3)c2o1. The lowest BCUT2D eigenvalue weighted by molar-refractivity contribution is 0.456. The van der Waals surface area contributed by atoms with Gasteiger partial charge < -0.3 is 14.6 Å². The van der Waals surface area contributed by atoms with Crippen LogP contribution in [0.25, 0.3) is 22.4 Å². The van der Waals surface area contributed by atoms with Gasteiger partial charge in [-0.2, -0.15) is 4.98 Å². The number of benzene rings is 1. The summed E-state index contributed by atoms with van der Waals surface area (Å²) in [6, 6.07) is 8.54. The zero-order valence-electron chi connectivity index (χ0n) is 13.1. The van der Waals surface area contributed by atoms with Crippen molar-refractivity contribution in [3.05, 3.63) is 40.0 Å². The number of fused-ring (bicyclic) bond motifs is 1. The van der Waals surface area contributed by atoms with Crippen LogP contribution in [-0.2, 0) is 0 Å². The summed E-state index contributed by atoms with van der Waals surface area (Å²) >= 11 is 9.96. The van der Waals surface area contributed by atoms with Crippen molar-refractivity contribution in [2.75, 3.05) is 24.5 Å². The molecule has 1 aliphatic rings. The van der Waals surface area contributed by atoms with Crippen LogP contribution < -0.4 is 10.2 Å². The maximum Gasteiger partial charge on any atom is 0.298 e. The predicted octanol–water partition coefficient (Wildman–Crippen LogP) is 4.10. The normalized spacial score (nSPS) is 18.3. The molecule has 0 spiro atoms. The average Bonchev–Trinajstić information content (AvgIpc) is 3.00. The smallest absolute Gasteiger partial charge is 0.298 e. The number of aromatic nitrogens is 2. The highest BCUT2D eigenvalue weighted by Gasteiger charge is 2.25. The minimum atomic E-state index is 0.323. The molecule has 2 aromatic heterocycles. The zero-order valence-corrected chi connectivity index (χ0v) is 15.4. The summed E-state index contributed by atoms with van der Waals surface area (Å²) < 4.78 is 6.93. The summed E-state index contributed by atoms with van der Waals surface area (Å²) in [5, 5.41) is 3.97. The highest BCUT2D eigenvalue weighted by molar-refractivity contribution is 9.10. The monoisotopic (exact) mass is 406 g/mol. The van der Waals surface area contributed by atoms with Crippen molar-refractivity contribution in [3.8, 4) is 11.3 Å². The van der Waals surface area contributed by atoms with Gasteiger partial charge in [-0.25, -0.2) is 0 Å². The number of halogens is 2. The van der Waals surface area contributed by atoms with Crippen LogP contribution in [0, 0.1) is 0 Å². The van der Waals surface area contributed by atoms with Crippen molar-refractivity contribution in [1.82, 2.24) is 15.3 Å². The molecule has 1 N–H and O–H groups in total. The molecule has 0 saturated carbocycles. The first-order valence-corrected chi connectivity index (χ1v) is 8.99. The molecular weight excluding hydrogens is 392 g/mol. The largest absolute Gasteiger partial charge is 0.423 e. The second kappa shape index (κ2) is 6.35. The van der Waals surface area contributed by atoms with Gasteiger partial charge in [0.1, 0.15) is 5.52 Å². The van der Waals surface area contributed by atoms with E-state index >= 15 is 0 Å². The molecule has 4 rings (SSSR count). The quantitative estimate of drug-likeness (QED) is 0.693. The maximum absolute atomic E-state index is 6.39. The number of anilines is 1. The minimum Gasteiger partial charge on any atom is -0.423 e. The van der Waals surface area contributed by atoms with E-state index in [1.54, 1.807) is 6.20 Å². The first kappa shape index (κ1) is 15.9. The highest BCUT2D eigenvalue weighted by atomic mass is 79.9. The lowest BCUT2D eigenvalue weighted by atomic mass is 10.1. The number of oxazole rings is 1. The van der Waals surface area contributed by atoms with Crippen molar-refractivity contribution in [1.29, 1.82) is 0 Å². The molecule has 1 aromatic carbocycles. The number of hydrogen-bond donors (Lipinski definition) is 1. The van der Waals surface area contributed by atoms with Crippen molar-refractivity contribution in [2.24, 2.45) is 0 Å². The van der Waals surface area contributed by atoms with E-state index in [4.69, 9.17) is 16.0 Å². The standard InChI is InChI=1S/C17H16BrClN4O/c1-10-9-20-6-7-23(10)17-22-13-8-11(19)15(18)14(16(13)24-17)12-4-2-3-5-21-12/h2-5,8,10,20H,6-7,9H2,1H3/t10-/m0/s1. The third-order valence-electron chi connectivity index (χ3n) is 4.23. The van der Waals surface area contributed by atoms with Crippen LogP contribution >= 0.6 is 27.5 Å². The Morgan fingerprint density at radius 2 is 2.29 bits per heavy atom. The van der Waals surface area contributed by atoms with Gasteiger partial charge in [-0.05, 0) is 41.1 Å². The molecular formula is C17H16BrClN4O. The van der Waals surface area contributed by atoms with E-state index in [9.17, 15) is 0 Å². The molecule has 0 amide bonds. The van der Waals surface area contributed by atoms with Gasteiger partial charge in [-0.1, -0.05) is 17.7 Å². The Morgan fingerprint density at radius 3 is 3.04 bits per heavy atom. The van der Waals surface area contributed by atoms with Crippen LogP contribution in [0.4, 0.5) is 6.01 Å². The van der Waals surface area contributed by atoms with Crippen LogP contribution in [0.5, 0.6) is 0 Å². The molecule has 7 heteroatoms. The molecule has 124 valence electrons. The van der Waals surface area contributed by atoms with Crippen LogP contribution in [0.15, 0.2) is 39.4 Å². The first-order chi connectivity index (χ1) is 11.6. The first-order valence-electron chi connectivity index (χ1n) is 7.82. The molecule has 0 bridgehead atoms. The number of pyridine rings is 1. The molecule has 1 fully saturated rings.